The molecule has 0 bridgehead atoms. The summed E-state index contributed by atoms with van der Waals surface area (Å²) >= 11 is 0. The van der Waals surface area contributed by atoms with Crippen LogP contribution in [0.25, 0.3) is 11.2 Å². The van der Waals surface area contributed by atoms with Crippen molar-refractivity contribution in [3.8, 4) is 0 Å². The Balaban J connectivity index is 1.96. The van der Waals surface area contributed by atoms with Crippen LogP contribution in [-0.2, 0) is 19.0 Å². The fraction of sp³-hybridized carbons (Fsp3) is 0.538. The molecule has 0 aromatic carbocycles. The molecule has 0 saturated carbocycles. The fourth-order valence-electron chi connectivity index (χ4n) is 2.64. The van der Waals surface area contributed by atoms with Crippen LogP contribution >= 0.6 is 0 Å². The van der Waals surface area contributed by atoms with Gasteiger partial charge in [0.2, 0.25) is 5.95 Å². The lowest BCUT2D eigenvalue weighted by atomic mass is 10.1. The number of hydrogen-bond donors (Lipinski definition) is 4. The summed E-state index contributed by atoms with van der Waals surface area (Å²) in [4.78, 5) is 23.3. The summed E-state index contributed by atoms with van der Waals surface area (Å²) in [5, 5.41) is 19.7. The lowest BCUT2D eigenvalue weighted by Gasteiger charge is -2.21. The molecular weight excluding hydrogens is 336 g/mol. The van der Waals surface area contributed by atoms with Gasteiger partial charge in [-0.1, -0.05) is 0 Å². The number of nitrogens with two attached hydrogens (primary N) is 2. The standard InChI is InChI=1S/C13H18N6O6/c1-23-6(21)3-24-9-8(22)5(2-20)25-12(9)19-4-16-7-10(14)17-13(15)18-11(7)19/h4-5,8-9,12,20,22H,2-3H2,1H3,(H4,14,15,17,18)/t5-,8?,9+,12-/m1/s1. The number of hydrogen-bond acceptors (Lipinski definition) is 11. The van der Waals surface area contributed by atoms with Crippen molar-refractivity contribution in [2.75, 3.05) is 31.8 Å². The quantitative estimate of drug-likeness (QED) is 0.428. The van der Waals surface area contributed by atoms with Gasteiger partial charge in [0.05, 0.1) is 20.0 Å². The molecule has 136 valence electrons. The average molecular weight is 354 g/mol. The molecular formula is C13H18N6O6. The van der Waals surface area contributed by atoms with E-state index in [-0.39, 0.29) is 17.4 Å². The fourth-order valence-corrected chi connectivity index (χ4v) is 2.64. The minimum atomic E-state index is -1.19. The number of esters is 1. The monoisotopic (exact) mass is 354 g/mol. The van der Waals surface area contributed by atoms with Crippen LogP contribution in [0.1, 0.15) is 6.23 Å². The van der Waals surface area contributed by atoms with E-state index in [1.165, 1.54) is 18.0 Å². The minimum Gasteiger partial charge on any atom is -0.467 e. The number of nitrogen functional groups attached to an aromatic ring is 2. The molecule has 4 atom stereocenters. The summed E-state index contributed by atoms with van der Waals surface area (Å²) in [6, 6.07) is 0. The summed E-state index contributed by atoms with van der Waals surface area (Å²) in [5.74, 6) is -0.591. The Hall–Kier alpha value is -2.54. The van der Waals surface area contributed by atoms with Gasteiger partial charge in [0.15, 0.2) is 17.7 Å². The second-order valence-corrected chi connectivity index (χ2v) is 5.38. The molecule has 6 N–H and O–H groups in total. The first-order valence-electron chi connectivity index (χ1n) is 7.34. The summed E-state index contributed by atoms with van der Waals surface area (Å²) in [6.45, 7) is -0.843. The van der Waals surface area contributed by atoms with Gasteiger partial charge < -0.3 is 35.9 Å². The van der Waals surface area contributed by atoms with E-state index >= 15 is 0 Å². The largest absolute Gasteiger partial charge is 0.467 e. The number of carbonyl (C=O) groups is 1. The molecule has 12 heteroatoms. The van der Waals surface area contributed by atoms with Gasteiger partial charge in [0.25, 0.3) is 0 Å². The summed E-state index contributed by atoms with van der Waals surface area (Å²) in [5.41, 5.74) is 12.0. The molecule has 12 nitrogen and oxygen atoms in total. The lowest BCUT2D eigenvalue weighted by Crippen LogP contribution is -2.36. The van der Waals surface area contributed by atoms with Gasteiger partial charge in [-0.3, -0.25) is 4.57 Å². The zero-order chi connectivity index (χ0) is 18.1. The minimum absolute atomic E-state index is 0.0592. The molecule has 1 unspecified atom stereocenters. The van der Waals surface area contributed by atoms with Crippen molar-refractivity contribution >= 4 is 28.9 Å². The molecule has 1 fully saturated rings. The Morgan fingerprint density at radius 3 is 2.88 bits per heavy atom. The topological polar surface area (TPSA) is 181 Å². The van der Waals surface area contributed by atoms with E-state index in [4.69, 9.17) is 20.9 Å². The number of fused-ring (bicyclic) bond motifs is 1. The highest BCUT2D eigenvalue weighted by Crippen LogP contribution is 2.34. The lowest BCUT2D eigenvalue weighted by molar-refractivity contribution is -0.152. The van der Waals surface area contributed by atoms with Crippen LogP contribution in [0, 0.1) is 0 Å². The van der Waals surface area contributed by atoms with Crippen LogP contribution in [0.2, 0.25) is 0 Å². The van der Waals surface area contributed by atoms with Crippen LogP contribution in [-0.4, -0.2) is 74.3 Å². The molecule has 1 saturated heterocycles. The van der Waals surface area contributed by atoms with E-state index in [0.717, 1.165) is 0 Å². The second kappa shape index (κ2) is 6.76. The number of aliphatic hydroxyl groups is 2. The van der Waals surface area contributed by atoms with Gasteiger partial charge in [-0.15, -0.1) is 0 Å². The molecule has 0 aliphatic carbocycles. The Bertz CT molecular complexity index is 782. The molecule has 2 aromatic heterocycles. The Morgan fingerprint density at radius 2 is 2.20 bits per heavy atom. The van der Waals surface area contributed by atoms with Crippen molar-refractivity contribution in [1.29, 1.82) is 0 Å². The molecule has 1 aliphatic rings. The van der Waals surface area contributed by atoms with Crippen LogP contribution in [0.4, 0.5) is 11.8 Å². The highest BCUT2D eigenvalue weighted by Gasteiger charge is 2.46. The smallest absolute Gasteiger partial charge is 0.331 e. The van der Waals surface area contributed by atoms with E-state index in [1.807, 2.05) is 0 Å². The van der Waals surface area contributed by atoms with Gasteiger partial charge in [-0.2, -0.15) is 9.97 Å². The predicted octanol–water partition coefficient (Wildman–Crippen LogP) is -2.20. The molecule has 2 aromatic rings. The molecule has 3 rings (SSSR count). The number of rotatable bonds is 5. The third-order valence-electron chi connectivity index (χ3n) is 3.85. The van der Waals surface area contributed by atoms with Crippen molar-refractivity contribution in [2.45, 2.75) is 24.5 Å². The van der Waals surface area contributed by atoms with Gasteiger partial charge in [0.1, 0.15) is 30.4 Å². The first-order chi connectivity index (χ1) is 12.0. The molecule has 0 radical (unpaired) electrons. The van der Waals surface area contributed by atoms with Crippen molar-refractivity contribution in [2.24, 2.45) is 0 Å². The third-order valence-corrected chi connectivity index (χ3v) is 3.85. The number of carbonyl (C=O) groups excluding carboxylic acids is 1. The second-order valence-electron chi connectivity index (χ2n) is 5.38. The summed E-state index contributed by atoms with van der Waals surface area (Å²) in [7, 11) is 1.22. The van der Waals surface area contributed by atoms with E-state index in [0.29, 0.717) is 5.52 Å². The molecule has 0 amide bonds. The zero-order valence-electron chi connectivity index (χ0n) is 13.3. The van der Waals surface area contributed by atoms with Gasteiger partial charge in [-0.25, -0.2) is 9.78 Å². The number of imidazole rings is 1. The Labute approximate surface area is 141 Å². The zero-order valence-corrected chi connectivity index (χ0v) is 13.3. The van der Waals surface area contributed by atoms with Crippen LogP contribution in [0.15, 0.2) is 6.33 Å². The SMILES string of the molecule is COC(=O)CO[C@H]1C(O)[C@@H](CO)O[C@H]1n1cnc2c(N)nc(N)nc21. The number of ether oxygens (including phenoxy) is 3. The van der Waals surface area contributed by atoms with Crippen LogP contribution in [0.5, 0.6) is 0 Å². The average Bonchev–Trinajstić information content (AvgIpc) is 3.13. The molecule has 0 spiro atoms. The van der Waals surface area contributed by atoms with Crippen molar-refractivity contribution < 1.29 is 29.2 Å². The number of anilines is 2. The third kappa shape index (κ3) is 3.07. The molecule has 3 heterocycles. The first kappa shape index (κ1) is 17.3. The maximum atomic E-state index is 11.3. The molecule has 25 heavy (non-hydrogen) atoms. The highest BCUT2D eigenvalue weighted by molar-refractivity contribution is 5.82. The van der Waals surface area contributed by atoms with Gasteiger partial charge >= 0.3 is 5.97 Å². The number of methoxy groups -OCH3 is 1. The van der Waals surface area contributed by atoms with E-state index in [9.17, 15) is 15.0 Å². The van der Waals surface area contributed by atoms with Crippen molar-refractivity contribution in [3.63, 3.8) is 0 Å². The predicted molar refractivity (Wildman–Crippen MR) is 82.9 cm³/mol. The number of nitrogens with zero attached hydrogens (tertiary/aromatic N) is 4. The number of aliphatic hydroxyl groups excluding tert-OH is 2. The normalized spacial score (nSPS) is 26.2. The van der Waals surface area contributed by atoms with Crippen molar-refractivity contribution in [1.82, 2.24) is 19.5 Å². The van der Waals surface area contributed by atoms with Crippen molar-refractivity contribution in [3.05, 3.63) is 6.33 Å². The summed E-state index contributed by atoms with van der Waals surface area (Å²) < 4.78 is 17.0. The maximum absolute atomic E-state index is 11.3. The van der Waals surface area contributed by atoms with Crippen LogP contribution < -0.4 is 11.5 Å². The Morgan fingerprint density at radius 1 is 1.44 bits per heavy atom. The maximum Gasteiger partial charge on any atom is 0.331 e. The molecule has 1 aliphatic heterocycles. The summed E-state index contributed by atoms with van der Waals surface area (Å²) in [6.07, 6.45) is -2.63. The van der Waals surface area contributed by atoms with Gasteiger partial charge in [0, 0.05) is 0 Å². The Kier molecular flexibility index (Phi) is 4.67. The van der Waals surface area contributed by atoms with E-state index < -0.39 is 43.7 Å². The van der Waals surface area contributed by atoms with Gasteiger partial charge in [-0.05, 0) is 0 Å². The van der Waals surface area contributed by atoms with E-state index in [1.54, 1.807) is 0 Å². The van der Waals surface area contributed by atoms with Crippen LogP contribution in [0.3, 0.4) is 0 Å². The van der Waals surface area contributed by atoms with E-state index in [2.05, 4.69) is 19.7 Å². The first-order valence-corrected chi connectivity index (χ1v) is 7.34. The number of aromatic nitrogens is 4. The highest BCUT2D eigenvalue weighted by atomic mass is 16.6.